The molecule has 1 aromatic carbocycles. The molecule has 0 aliphatic heterocycles. The number of rotatable bonds is 6. The van der Waals surface area contributed by atoms with Crippen molar-refractivity contribution in [1.82, 2.24) is 5.16 Å². The van der Waals surface area contributed by atoms with Gasteiger partial charge in [0, 0.05) is 6.07 Å². The molecule has 0 saturated heterocycles. The molecule has 0 atom stereocenters. The van der Waals surface area contributed by atoms with Gasteiger partial charge >= 0.3 is 5.97 Å². The highest BCUT2D eigenvalue weighted by atomic mass is 16.5. The Morgan fingerprint density at radius 1 is 1.24 bits per heavy atom. The fourth-order valence-corrected chi connectivity index (χ4v) is 1.56. The zero-order chi connectivity index (χ0) is 15.1. The molecule has 0 saturated carbocycles. The van der Waals surface area contributed by atoms with E-state index in [1.807, 2.05) is 0 Å². The summed E-state index contributed by atoms with van der Waals surface area (Å²) in [6.07, 6.45) is 1.41. The maximum Gasteiger partial charge on any atom is 0.310 e. The lowest BCUT2D eigenvalue weighted by atomic mass is 10.1. The van der Waals surface area contributed by atoms with Crippen LogP contribution in [0.4, 0.5) is 5.82 Å². The fourth-order valence-electron chi connectivity index (χ4n) is 1.56. The normalized spacial score (nSPS) is 9.95. The molecule has 110 valence electrons. The third kappa shape index (κ3) is 4.64. The number of aromatic nitrogens is 1. The van der Waals surface area contributed by atoms with Crippen molar-refractivity contribution in [3.05, 3.63) is 42.2 Å². The van der Waals surface area contributed by atoms with Crippen molar-refractivity contribution in [2.24, 2.45) is 0 Å². The summed E-state index contributed by atoms with van der Waals surface area (Å²) >= 11 is 0. The van der Waals surface area contributed by atoms with Crippen molar-refractivity contribution in [3.63, 3.8) is 0 Å². The van der Waals surface area contributed by atoms with Crippen molar-refractivity contribution in [1.29, 1.82) is 0 Å². The van der Waals surface area contributed by atoms with Gasteiger partial charge in [-0.15, -0.1) is 0 Å². The first-order valence-electron chi connectivity index (χ1n) is 6.16. The van der Waals surface area contributed by atoms with Crippen LogP contribution in [0.25, 0.3) is 0 Å². The minimum Gasteiger partial charge on any atom is -0.497 e. The SMILES string of the molecule is COc1ccc(CC(=O)OCC(=O)Nc2ccon2)cc1. The molecule has 0 aliphatic carbocycles. The number of methoxy groups -OCH3 is 1. The Morgan fingerprint density at radius 2 is 2.00 bits per heavy atom. The third-order valence-corrected chi connectivity index (χ3v) is 2.58. The molecular weight excluding hydrogens is 276 g/mol. The van der Waals surface area contributed by atoms with Gasteiger partial charge in [0.25, 0.3) is 5.91 Å². The lowest BCUT2D eigenvalue weighted by Gasteiger charge is -2.05. The van der Waals surface area contributed by atoms with Gasteiger partial charge in [-0.2, -0.15) is 0 Å². The Kier molecular flexibility index (Phi) is 4.92. The maximum absolute atomic E-state index is 11.6. The number of carbonyl (C=O) groups is 2. The number of carbonyl (C=O) groups excluding carboxylic acids is 2. The van der Waals surface area contributed by atoms with Crippen LogP contribution in [0, 0.1) is 0 Å². The number of benzene rings is 1. The first-order chi connectivity index (χ1) is 10.2. The number of esters is 1. The Labute approximate surface area is 120 Å². The highest BCUT2D eigenvalue weighted by molar-refractivity contribution is 5.91. The topological polar surface area (TPSA) is 90.7 Å². The van der Waals surface area contributed by atoms with Gasteiger partial charge in [-0.1, -0.05) is 17.3 Å². The zero-order valence-corrected chi connectivity index (χ0v) is 11.4. The van der Waals surface area contributed by atoms with Crippen LogP contribution in [0.1, 0.15) is 5.56 Å². The van der Waals surface area contributed by atoms with E-state index in [4.69, 9.17) is 9.47 Å². The van der Waals surface area contributed by atoms with E-state index in [2.05, 4.69) is 15.0 Å². The van der Waals surface area contributed by atoms with E-state index in [1.54, 1.807) is 31.4 Å². The van der Waals surface area contributed by atoms with E-state index >= 15 is 0 Å². The van der Waals surface area contributed by atoms with Gasteiger partial charge in [0.2, 0.25) is 0 Å². The first-order valence-corrected chi connectivity index (χ1v) is 6.16. The summed E-state index contributed by atoms with van der Waals surface area (Å²) in [7, 11) is 1.57. The van der Waals surface area contributed by atoms with Crippen LogP contribution < -0.4 is 10.1 Å². The molecule has 1 aromatic heterocycles. The average molecular weight is 290 g/mol. The summed E-state index contributed by atoms with van der Waals surface area (Å²) in [6, 6.07) is 8.50. The molecule has 0 radical (unpaired) electrons. The van der Waals surface area contributed by atoms with Crippen LogP contribution in [-0.2, 0) is 20.7 Å². The van der Waals surface area contributed by atoms with Crippen LogP contribution in [0.3, 0.4) is 0 Å². The van der Waals surface area contributed by atoms with Gasteiger partial charge in [-0.25, -0.2) is 0 Å². The standard InChI is InChI=1S/C14H14N2O5/c1-19-11-4-2-10(3-5-11)8-14(18)20-9-13(17)15-12-6-7-21-16-12/h2-7H,8-9H2,1H3,(H,15,16,17). The summed E-state index contributed by atoms with van der Waals surface area (Å²) in [5.74, 6) is 0.00719. The van der Waals surface area contributed by atoms with Crippen molar-refractivity contribution >= 4 is 17.7 Å². The van der Waals surface area contributed by atoms with Crippen molar-refractivity contribution in [3.8, 4) is 5.75 Å². The van der Waals surface area contributed by atoms with Gasteiger partial charge in [0.05, 0.1) is 13.5 Å². The molecule has 0 unspecified atom stereocenters. The van der Waals surface area contributed by atoms with E-state index in [1.165, 1.54) is 12.3 Å². The van der Waals surface area contributed by atoms with Crippen LogP contribution in [0.15, 0.2) is 41.1 Å². The van der Waals surface area contributed by atoms with E-state index < -0.39 is 11.9 Å². The summed E-state index contributed by atoms with van der Waals surface area (Å²) < 4.78 is 14.4. The lowest BCUT2D eigenvalue weighted by molar-refractivity contribution is -0.146. The Hall–Kier alpha value is -2.83. The van der Waals surface area contributed by atoms with Gasteiger partial charge in [-0.3, -0.25) is 9.59 Å². The number of nitrogens with zero attached hydrogens (tertiary/aromatic N) is 1. The molecule has 0 bridgehead atoms. The third-order valence-electron chi connectivity index (χ3n) is 2.58. The zero-order valence-electron chi connectivity index (χ0n) is 11.4. The predicted octanol–water partition coefficient (Wildman–Crippen LogP) is 1.41. The molecule has 1 N–H and O–H groups in total. The maximum atomic E-state index is 11.6. The molecule has 7 nitrogen and oxygen atoms in total. The van der Waals surface area contributed by atoms with Crippen LogP contribution >= 0.6 is 0 Å². The van der Waals surface area contributed by atoms with E-state index in [0.29, 0.717) is 5.75 Å². The molecule has 0 fully saturated rings. The molecular formula is C14H14N2O5. The quantitative estimate of drug-likeness (QED) is 0.809. The molecule has 1 amide bonds. The Balaban J connectivity index is 1.75. The number of amides is 1. The molecule has 0 aliphatic rings. The van der Waals surface area contributed by atoms with Crippen LogP contribution in [0.5, 0.6) is 5.75 Å². The van der Waals surface area contributed by atoms with Crippen molar-refractivity contribution in [2.75, 3.05) is 19.0 Å². The summed E-state index contributed by atoms with van der Waals surface area (Å²) in [4.78, 5) is 23.1. The van der Waals surface area contributed by atoms with E-state index in [9.17, 15) is 9.59 Å². The number of nitrogens with one attached hydrogen (secondary N) is 1. The smallest absolute Gasteiger partial charge is 0.310 e. The molecule has 0 spiro atoms. The second-order valence-electron chi connectivity index (χ2n) is 4.12. The minimum absolute atomic E-state index is 0.0846. The number of hydrogen-bond donors (Lipinski definition) is 1. The highest BCUT2D eigenvalue weighted by Crippen LogP contribution is 2.12. The Bertz CT molecular complexity index is 592. The monoisotopic (exact) mass is 290 g/mol. The fraction of sp³-hybridized carbons (Fsp3) is 0.214. The van der Waals surface area contributed by atoms with Crippen LogP contribution in [-0.4, -0.2) is 30.7 Å². The summed E-state index contributed by atoms with van der Waals surface area (Å²) in [5.41, 5.74) is 0.776. The van der Waals surface area contributed by atoms with Gasteiger partial charge in [0.15, 0.2) is 12.4 Å². The average Bonchev–Trinajstić information content (AvgIpc) is 2.99. The van der Waals surface area contributed by atoms with E-state index in [-0.39, 0.29) is 18.8 Å². The predicted molar refractivity (Wildman–Crippen MR) is 72.8 cm³/mol. The molecule has 2 rings (SSSR count). The molecule has 2 aromatic rings. The molecule has 21 heavy (non-hydrogen) atoms. The minimum atomic E-state index is -0.490. The highest BCUT2D eigenvalue weighted by Gasteiger charge is 2.10. The van der Waals surface area contributed by atoms with Crippen molar-refractivity contribution in [2.45, 2.75) is 6.42 Å². The van der Waals surface area contributed by atoms with E-state index in [0.717, 1.165) is 5.56 Å². The molecule has 1 heterocycles. The Morgan fingerprint density at radius 3 is 2.62 bits per heavy atom. The second-order valence-corrected chi connectivity index (χ2v) is 4.12. The summed E-state index contributed by atoms with van der Waals surface area (Å²) in [5, 5.41) is 5.93. The second kappa shape index (κ2) is 7.09. The first kappa shape index (κ1) is 14.6. The lowest BCUT2D eigenvalue weighted by Crippen LogP contribution is -2.21. The van der Waals surface area contributed by atoms with Gasteiger partial charge < -0.3 is 19.3 Å². The van der Waals surface area contributed by atoms with Crippen molar-refractivity contribution < 1.29 is 23.6 Å². The van der Waals surface area contributed by atoms with Crippen LogP contribution in [0.2, 0.25) is 0 Å². The molecule has 7 heteroatoms. The number of hydrogen-bond acceptors (Lipinski definition) is 6. The summed E-state index contributed by atoms with van der Waals surface area (Å²) in [6.45, 7) is -0.373. The van der Waals surface area contributed by atoms with Gasteiger partial charge in [-0.05, 0) is 17.7 Å². The number of ether oxygens (including phenoxy) is 2. The number of anilines is 1. The largest absolute Gasteiger partial charge is 0.497 e. The van der Waals surface area contributed by atoms with Gasteiger partial charge in [0.1, 0.15) is 12.0 Å².